The van der Waals surface area contributed by atoms with Crippen molar-refractivity contribution in [2.75, 3.05) is 13.7 Å². The van der Waals surface area contributed by atoms with Crippen molar-refractivity contribution in [3.05, 3.63) is 76.6 Å². The van der Waals surface area contributed by atoms with E-state index in [2.05, 4.69) is 28.2 Å². The molecule has 0 saturated carbocycles. The number of aliphatic hydroxyl groups excluding tert-OH is 1. The minimum atomic E-state index is -1.18. The Balaban J connectivity index is 0.000000856. The average Bonchev–Trinajstić information content (AvgIpc) is 2.98. The lowest BCUT2D eigenvalue weighted by atomic mass is 9.95. The first-order valence-electron chi connectivity index (χ1n) is 15.4. The molecule has 4 amide bonds. The van der Waals surface area contributed by atoms with Crippen LogP contribution in [0.2, 0.25) is 0 Å². The monoisotopic (exact) mass is 669 g/mol. The van der Waals surface area contributed by atoms with E-state index < -0.39 is 41.1 Å². The molecule has 12 heteroatoms. The van der Waals surface area contributed by atoms with Crippen LogP contribution in [0.4, 0.5) is 4.39 Å². The maximum absolute atomic E-state index is 13.7. The van der Waals surface area contributed by atoms with Crippen LogP contribution in [-0.2, 0) is 25.7 Å². The minimum Gasteiger partial charge on any atom is -0.497 e. The smallest absolute Gasteiger partial charge is 0.261 e. The lowest BCUT2D eigenvalue weighted by molar-refractivity contribution is -0.136. The molecule has 2 rings (SSSR count). The molecule has 2 unspecified atom stereocenters. The van der Waals surface area contributed by atoms with Crippen LogP contribution in [0.15, 0.2) is 54.1 Å². The molecule has 0 fully saturated rings. The first kappa shape index (κ1) is 43.2. The molecular formula is C36H52FN5O6. The van der Waals surface area contributed by atoms with Crippen molar-refractivity contribution in [2.24, 2.45) is 5.41 Å². The Morgan fingerprint density at radius 3 is 1.98 bits per heavy atom. The Hall–Kier alpha value is -4.76. The van der Waals surface area contributed by atoms with Gasteiger partial charge in [-0.1, -0.05) is 56.7 Å². The third kappa shape index (κ3) is 17.8. The highest BCUT2D eigenvalue weighted by molar-refractivity contribution is 5.97. The van der Waals surface area contributed by atoms with Gasteiger partial charge in [-0.2, -0.15) is 5.26 Å². The van der Waals surface area contributed by atoms with Gasteiger partial charge < -0.3 is 31.1 Å². The Morgan fingerprint density at radius 2 is 1.54 bits per heavy atom. The quantitative estimate of drug-likeness (QED) is 0.197. The predicted octanol–water partition coefficient (Wildman–Crippen LogP) is 4.15. The number of benzene rings is 2. The van der Waals surface area contributed by atoms with Gasteiger partial charge in [-0.05, 0) is 72.2 Å². The van der Waals surface area contributed by atoms with E-state index in [1.165, 1.54) is 24.6 Å². The van der Waals surface area contributed by atoms with Gasteiger partial charge in [-0.3, -0.25) is 19.2 Å². The first-order valence-corrected chi connectivity index (χ1v) is 15.4. The molecule has 0 bridgehead atoms. The summed E-state index contributed by atoms with van der Waals surface area (Å²) in [7, 11) is 1.67. The summed E-state index contributed by atoms with van der Waals surface area (Å²) in [5, 5.41) is 28.3. The van der Waals surface area contributed by atoms with Crippen LogP contribution in [0.1, 0.15) is 72.1 Å². The number of nitrogens with zero attached hydrogens (tertiary/aromatic N) is 1. The zero-order chi connectivity index (χ0) is 37.2. The number of methoxy groups -OCH3 is 1. The highest BCUT2D eigenvalue weighted by Crippen LogP contribution is 2.14. The third-order valence-electron chi connectivity index (χ3n) is 6.24. The molecule has 0 saturated heterocycles. The van der Waals surface area contributed by atoms with Gasteiger partial charge in [0.05, 0.1) is 19.8 Å². The van der Waals surface area contributed by atoms with Gasteiger partial charge in [0.15, 0.2) is 0 Å². The number of nitrogens with one attached hydrogen (secondary N) is 4. The van der Waals surface area contributed by atoms with Crippen molar-refractivity contribution in [3.8, 4) is 11.8 Å². The highest BCUT2D eigenvalue weighted by Gasteiger charge is 2.30. The van der Waals surface area contributed by atoms with Crippen molar-refractivity contribution in [3.63, 3.8) is 0 Å². The number of carbonyl (C=O) groups excluding carboxylic acids is 4. The van der Waals surface area contributed by atoms with Crippen molar-refractivity contribution in [1.29, 1.82) is 5.26 Å². The molecule has 0 aliphatic rings. The highest BCUT2D eigenvalue weighted by atomic mass is 19.1. The van der Waals surface area contributed by atoms with Crippen LogP contribution in [0.25, 0.3) is 0 Å². The fraction of sp³-hybridized carbons (Fsp3) is 0.472. The van der Waals surface area contributed by atoms with Crippen LogP contribution >= 0.6 is 0 Å². The van der Waals surface area contributed by atoms with Crippen LogP contribution < -0.4 is 26.0 Å². The van der Waals surface area contributed by atoms with Gasteiger partial charge >= 0.3 is 0 Å². The largest absolute Gasteiger partial charge is 0.497 e. The summed E-state index contributed by atoms with van der Waals surface area (Å²) < 4.78 is 18.7. The second kappa shape index (κ2) is 20.5. The number of carbonyl (C=O) groups is 4. The Bertz CT molecular complexity index is 1430. The van der Waals surface area contributed by atoms with Crippen LogP contribution in [0.3, 0.4) is 0 Å². The molecule has 0 spiro atoms. The van der Waals surface area contributed by atoms with E-state index in [4.69, 9.17) is 10.00 Å². The number of halogens is 1. The van der Waals surface area contributed by atoms with E-state index in [0.717, 1.165) is 11.3 Å². The molecule has 0 heterocycles. The number of amides is 4. The molecule has 0 aromatic heterocycles. The van der Waals surface area contributed by atoms with Gasteiger partial charge in [-0.15, -0.1) is 0 Å². The second-order valence-electron chi connectivity index (χ2n) is 13.1. The Morgan fingerprint density at radius 1 is 0.979 bits per heavy atom. The maximum atomic E-state index is 13.7. The molecule has 0 aliphatic carbocycles. The average molecular weight is 670 g/mol. The maximum Gasteiger partial charge on any atom is 0.261 e. The van der Waals surface area contributed by atoms with Crippen molar-refractivity contribution in [2.45, 2.75) is 93.5 Å². The summed E-state index contributed by atoms with van der Waals surface area (Å²) in [6, 6.07) is 13.3. The minimum absolute atomic E-state index is 0.0125. The molecule has 2 aromatic rings. The van der Waals surface area contributed by atoms with Crippen molar-refractivity contribution >= 4 is 23.6 Å². The summed E-state index contributed by atoms with van der Waals surface area (Å²) in [6.07, 6.45) is 0.363. The van der Waals surface area contributed by atoms with E-state index in [-0.39, 0.29) is 30.1 Å². The number of hydrogen-bond acceptors (Lipinski definition) is 7. The van der Waals surface area contributed by atoms with Crippen molar-refractivity contribution in [1.82, 2.24) is 21.3 Å². The summed E-state index contributed by atoms with van der Waals surface area (Å²) in [5.74, 6) is -1.41. The standard InChI is InChI=1S/C19H28FN3O4.C9H14N2O.C8H10O/c1-11-6-7-13(14(20)8-11)9-21-15(25)10-22-17(26)16(12(2)24)23-18(27)19(3,4)5;1-5-7(6-10)8(12)11-9(2,3)4;1-7-3-5-8(9-2)6-4-7/h6-8,12,16,24H,9-10H2,1-5H3,(H,21,25)(H,22,26)(H,23,27);5H,1-4H3,(H,11,12);3-6H,1-2H3/b;7-5+;. The third-order valence-corrected chi connectivity index (χ3v) is 6.24. The van der Waals surface area contributed by atoms with Gasteiger partial charge in [-0.25, -0.2) is 4.39 Å². The SMILES string of the molecule is C/C=C(\C#N)C(=O)NC(C)(C)C.COc1ccc(C)cc1.Cc1ccc(CNC(=O)CNC(=O)C(NC(=O)C(C)(C)C)C(C)O)c(F)c1. The molecule has 5 N–H and O–H groups in total. The van der Waals surface area contributed by atoms with Crippen LogP contribution in [0, 0.1) is 36.4 Å². The van der Waals surface area contributed by atoms with E-state index in [0.29, 0.717) is 5.56 Å². The molecular weight excluding hydrogens is 617 g/mol. The van der Waals surface area contributed by atoms with Crippen molar-refractivity contribution < 1.29 is 33.4 Å². The van der Waals surface area contributed by atoms with Crippen LogP contribution in [-0.4, -0.2) is 60.1 Å². The van der Waals surface area contributed by atoms with Crippen LogP contribution in [0.5, 0.6) is 5.75 Å². The van der Waals surface area contributed by atoms with Gasteiger partial charge in [0.1, 0.15) is 29.3 Å². The normalized spacial score (nSPS) is 12.3. The molecule has 11 nitrogen and oxygen atoms in total. The Labute approximate surface area is 284 Å². The molecule has 2 aromatic carbocycles. The lowest BCUT2D eigenvalue weighted by Gasteiger charge is -2.25. The molecule has 0 radical (unpaired) electrons. The van der Waals surface area contributed by atoms with Gasteiger partial charge in [0.25, 0.3) is 5.91 Å². The number of aryl methyl sites for hydroxylation is 2. The predicted molar refractivity (Wildman–Crippen MR) is 184 cm³/mol. The molecule has 0 aliphatic heterocycles. The zero-order valence-corrected chi connectivity index (χ0v) is 30.0. The first-order chi connectivity index (χ1) is 22.1. The number of nitriles is 1. The lowest BCUT2D eigenvalue weighted by Crippen LogP contribution is -2.55. The summed E-state index contributed by atoms with van der Waals surface area (Å²) >= 11 is 0. The number of allylic oxidation sites excluding steroid dienone is 1. The topological polar surface area (TPSA) is 170 Å². The molecule has 48 heavy (non-hydrogen) atoms. The van der Waals surface area contributed by atoms with E-state index in [1.807, 2.05) is 51.1 Å². The number of hydrogen-bond donors (Lipinski definition) is 5. The number of rotatable bonds is 9. The zero-order valence-electron chi connectivity index (χ0n) is 30.0. The number of ether oxygens (including phenoxy) is 1. The number of aliphatic hydroxyl groups is 1. The summed E-state index contributed by atoms with van der Waals surface area (Å²) in [4.78, 5) is 47.3. The van der Waals surface area contributed by atoms with Gasteiger partial charge in [0.2, 0.25) is 17.7 Å². The summed E-state index contributed by atoms with van der Waals surface area (Å²) in [6.45, 7) is 17.1. The fourth-order valence-corrected chi connectivity index (χ4v) is 3.42. The van der Waals surface area contributed by atoms with E-state index >= 15 is 0 Å². The summed E-state index contributed by atoms with van der Waals surface area (Å²) in [5.41, 5.74) is 1.50. The van der Waals surface area contributed by atoms with Gasteiger partial charge in [0, 0.05) is 23.1 Å². The van der Waals surface area contributed by atoms with E-state index in [9.17, 15) is 28.7 Å². The molecule has 2 atom stereocenters. The second-order valence-corrected chi connectivity index (χ2v) is 13.1. The fourth-order valence-electron chi connectivity index (χ4n) is 3.42. The van der Waals surface area contributed by atoms with E-state index in [1.54, 1.807) is 53.9 Å². The molecule has 264 valence electrons. The Kier molecular flexibility index (Phi) is 18.4.